The van der Waals surface area contributed by atoms with Gasteiger partial charge in [-0.3, -0.25) is 44.9 Å². The van der Waals surface area contributed by atoms with E-state index < -0.39 is 100 Å². The number of fused-ring (bicyclic) bond motifs is 5. The smallest absolute Gasteiger partial charge is 0.493 e. The molecule has 20 nitrogen and oxygen atoms in total. The van der Waals surface area contributed by atoms with Crippen molar-refractivity contribution in [1.29, 1.82) is 0 Å². The first-order valence-electron chi connectivity index (χ1n) is 19.6. The highest BCUT2D eigenvalue weighted by atomic mass is 19.1. The fraction of sp³-hybridized carbons (Fsp3) is 0.575. The quantitative estimate of drug-likeness (QED) is 0.0290. The molecule has 0 saturated heterocycles. The lowest BCUT2D eigenvalue weighted by molar-refractivity contribution is -0.492. The number of aliphatic hydroxyl groups is 2. The lowest BCUT2D eigenvalue weighted by atomic mass is 9.44. The Balaban J connectivity index is 1.31. The molecule has 0 bridgehead atoms. The summed E-state index contributed by atoms with van der Waals surface area (Å²) in [6.07, 6.45) is 1.54. The topological polar surface area (TPSA) is 278 Å². The first-order chi connectivity index (χ1) is 28.8. The molecule has 0 spiro atoms. The van der Waals surface area contributed by atoms with E-state index in [4.69, 9.17) is 44.5 Å². The lowest BCUT2D eigenvalue weighted by Gasteiger charge is -2.62. The number of hydrogen-bond donors (Lipinski definition) is 6. The second kappa shape index (κ2) is 19.6. The van der Waals surface area contributed by atoms with E-state index in [0.717, 1.165) is 6.08 Å². The SMILES string of the molecule is COc1cc(/C=C/C(=O)OCCCCON(O)O)ccc1OC(=O)OCC(=O)[C@@]1(OC(=O)CCCON(O)O)[C@H](O)CC2C3CCC4=CC(=O)C=CC4(C)[C@@]3(F)[C@@H](O)C[C@@]21C. The maximum atomic E-state index is 17.8. The van der Waals surface area contributed by atoms with Crippen molar-refractivity contribution in [3.8, 4) is 11.5 Å². The average Bonchev–Trinajstić information content (AvgIpc) is 3.42. The van der Waals surface area contributed by atoms with Gasteiger partial charge in [-0.2, -0.15) is 0 Å². The third-order valence-corrected chi connectivity index (χ3v) is 12.4. The highest BCUT2D eigenvalue weighted by Gasteiger charge is 2.78. The fourth-order valence-corrected chi connectivity index (χ4v) is 9.51. The molecule has 21 heteroatoms. The van der Waals surface area contributed by atoms with Crippen LogP contribution < -0.4 is 9.47 Å². The van der Waals surface area contributed by atoms with Crippen molar-refractivity contribution >= 4 is 35.7 Å². The average molecular weight is 867 g/mol. The number of hydrogen-bond acceptors (Lipinski definition) is 20. The van der Waals surface area contributed by atoms with Crippen molar-refractivity contribution in [1.82, 2.24) is 10.8 Å². The maximum Gasteiger partial charge on any atom is 0.514 e. The number of halogens is 1. The molecule has 0 radical (unpaired) electrons. The number of ether oxygens (including phenoxy) is 5. The number of rotatable bonds is 19. The minimum atomic E-state index is -2.48. The van der Waals surface area contributed by atoms with Crippen molar-refractivity contribution < 1.29 is 92.8 Å². The molecule has 6 N–H and O–H groups in total. The number of esters is 2. The van der Waals surface area contributed by atoms with Crippen LogP contribution in [0.25, 0.3) is 6.08 Å². The Hall–Kier alpha value is -4.68. The largest absolute Gasteiger partial charge is 0.514 e. The van der Waals surface area contributed by atoms with Gasteiger partial charge in [0.2, 0.25) is 11.4 Å². The molecule has 61 heavy (non-hydrogen) atoms. The molecule has 3 fully saturated rings. The summed E-state index contributed by atoms with van der Waals surface area (Å²) in [7, 11) is 1.28. The Morgan fingerprint density at radius 1 is 0.918 bits per heavy atom. The summed E-state index contributed by atoms with van der Waals surface area (Å²) < 4.78 is 44.6. The predicted octanol–water partition coefficient (Wildman–Crippen LogP) is 3.54. The van der Waals surface area contributed by atoms with Gasteiger partial charge in [0, 0.05) is 29.2 Å². The first-order valence-corrected chi connectivity index (χ1v) is 19.6. The number of ketones is 2. The molecule has 4 aliphatic carbocycles. The molecule has 8 atom stereocenters. The number of nitrogens with zero attached hydrogens (tertiary/aromatic N) is 2. The van der Waals surface area contributed by atoms with E-state index in [1.807, 2.05) is 0 Å². The third kappa shape index (κ3) is 9.70. The van der Waals surface area contributed by atoms with Crippen LogP contribution in [-0.4, -0.2) is 128 Å². The number of carbonyl (C=O) groups excluding carboxylic acids is 5. The highest BCUT2D eigenvalue weighted by molar-refractivity contribution is 6.01. The van der Waals surface area contributed by atoms with Crippen molar-refractivity contribution in [3.05, 3.63) is 53.6 Å². The zero-order chi connectivity index (χ0) is 44.8. The van der Waals surface area contributed by atoms with Gasteiger partial charge in [-0.25, -0.2) is 14.0 Å². The summed E-state index contributed by atoms with van der Waals surface area (Å²) >= 11 is 0. The van der Waals surface area contributed by atoms with Gasteiger partial charge in [0.05, 0.1) is 43.8 Å². The van der Waals surface area contributed by atoms with Gasteiger partial charge in [-0.15, -0.1) is 0 Å². The molecular weight excluding hydrogens is 815 g/mol. The van der Waals surface area contributed by atoms with Gasteiger partial charge in [0.1, 0.15) is 6.10 Å². The summed E-state index contributed by atoms with van der Waals surface area (Å²) in [5, 5.41) is 57.4. The molecule has 0 aromatic heterocycles. The number of aliphatic hydroxyl groups excluding tert-OH is 2. The lowest BCUT2D eigenvalue weighted by Crippen LogP contribution is -2.70. The summed E-state index contributed by atoms with van der Waals surface area (Å²) in [6.45, 7) is 1.67. The van der Waals surface area contributed by atoms with Crippen LogP contribution in [0.3, 0.4) is 0 Å². The van der Waals surface area contributed by atoms with Gasteiger partial charge in [0.25, 0.3) is 0 Å². The van der Waals surface area contributed by atoms with Gasteiger partial charge < -0.3 is 33.9 Å². The van der Waals surface area contributed by atoms with Gasteiger partial charge in [0.15, 0.2) is 29.6 Å². The van der Waals surface area contributed by atoms with E-state index in [-0.39, 0.29) is 62.8 Å². The van der Waals surface area contributed by atoms with E-state index in [1.165, 1.54) is 56.5 Å². The number of methoxy groups -OCH3 is 1. The van der Waals surface area contributed by atoms with Gasteiger partial charge in [-0.1, -0.05) is 24.6 Å². The normalized spacial score (nSPS) is 30.4. The van der Waals surface area contributed by atoms with Crippen molar-refractivity contribution in [2.24, 2.45) is 22.7 Å². The van der Waals surface area contributed by atoms with Crippen LogP contribution in [0.15, 0.2) is 48.1 Å². The molecule has 0 heterocycles. The minimum Gasteiger partial charge on any atom is -0.493 e. The molecule has 0 aliphatic heterocycles. The van der Waals surface area contributed by atoms with Crippen LogP contribution in [-0.2, 0) is 43.1 Å². The second-order valence-corrected chi connectivity index (χ2v) is 15.7. The number of benzene rings is 1. The Morgan fingerprint density at radius 3 is 2.30 bits per heavy atom. The molecule has 5 rings (SSSR count). The monoisotopic (exact) mass is 866 g/mol. The molecular formula is C40H51FN2O18. The number of Topliss-reactive ketones (excluding diaryl/α,β-unsaturated/α-hetero) is 1. The van der Waals surface area contributed by atoms with E-state index in [0.29, 0.717) is 24.0 Å². The van der Waals surface area contributed by atoms with E-state index in [2.05, 4.69) is 9.68 Å². The van der Waals surface area contributed by atoms with Crippen LogP contribution in [0.2, 0.25) is 0 Å². The van der Waals surface area contributed by atoms with Crippen LogP contribution in [0.5, 0.6) is 11.5 Å². The third-order valence-electron chi connectivity index (χ3n) is 12.4. The standard InChI is InChI=1S/C40H51FN2O18/c1-37-15-14-26(44)20-25(37)10-11-27-28-21-31(45)40(38(28,2)22-32(46)39(27,37)41,61-35(49)7-6-18-59-43(53)54)33(47)23-57-36(50)60-29-12-8-24(19-30(29)55-3)9-13-34(48)56-16-4-5-17-58-42(51)52/h8-9,12-15,19-20,27-28,31-32,45-46,51-54H,4-7,10-11,16-18,21-23H2,1-3H3/b13-9+/t27?,28?,31-,32+,37?,38+,39+,40+/m1/s1. The van der Waals surface area contributed by atoms with Crippen LogP contribution in [0.1, 0.15) is 70.8 Å². The van der Waals surface area contributed by atoms with Gasteiger partial charge in [-0.05, 0) is 93.7 Å². The maximum absolute atomic E-state index is 17.8. The number of allylic oxidation sites excluding steroid dienone is 4. The molecule has 3 unspecified atom stereocenters. The molecule has 0 amide bonds. The van der Waals surface area contributed by atoms with E-state index in [1.54, 1.807) is 6.92 Å². The highest BCUT2D eigenvalue weighted by Crippen LogP contribution is 2.70. The Kier molecular flexibility index (Phi) is 15.2. The Bertz CT molecular complexity index is 1910. The molecule has 1 aromatic carbocycles. The Labute approximate surface area is 349 Å². The molecule has 4 aliphatic rings. The van der Waals surface area contributed by atoms with Crippen molar-refractivity contribution in [2.45, 2.75) is 88.7 Å². The van der Waals surface area contributed by atoms with E-state index in [9.17, 15) is 34.2 Å². The summed E-state index contributed by atoms with van der Waals surface area (Å²) in [5.74, 6) is -5.08. The van der Waals surface area contributed by atoms with Gasteiger partial charge >= 0.3 is 18.1 Å². The van der Waals surface area contributed by atoms with Crippen LogP contribution in [0.4, 0.5) is 9.18 Å². The predicted molar refractivity (Wildman–Crippen MR) is 200 cm³/mol. The van der Waals surface area contributed by atoms with Crippen LogP contribution in [0, 0.1) is 22.7 Å². The molecule has 1 aromatic rings. The number of unbranched alkanes of at least 4 members (excludes halogenated alkanes) is 1. The molecule has 336 valence electrons. The molecule has 3 saturated carbocycles. The first kappa shape index (κ1) is 47.4. The zero-order valence-electron chi connectivity index (χ0n) is 33.8. The zero-order valence-corrected chi connectivity index (χ0v) is 33.8. The van der Waals surface area contributed by atoms with Crippen molar-refractivity contribution in [3.63, 3.8) is 0 Å². The second-order valence-electron chi connectivity index (χ2n) is 15.7. The Morgan fingerprint density at radius 2 is 1.61 bits per heavy atom. The minimum absolute atomic E-state index is 0.00952. The number of carbonyl (C=O) groups is 5. The number of alkyl halides is 1. The fourth-order valence-electron chi connectivity index (χ4n) is 9.51. The van der Waals surface area contributed by atoms with E-state index >= 15 is 4.39 Å². The summed E-state index contributed by atoms with van der Waals surface area (Å²) in [5.41, 5.74) is -6.91. The van der Waals surface area contributed by atoms with Crippen LogP contribution >= 0.6 is 0 Å². The summed E-state index contributed by atoms with van der Waals surface area (Å²) in [4.78, 5) is 74.2. The van der Waals surface area contributed by atoms with Crippen molar-refractivity contribution in [2.75, 3.05) is 33.5 Å². The summed E-state index contributed by atoms with van der Waals surface area (Å²) in [6, 6.07) is 4.20.